The highest BCUT2D eigenvalue weighted by Crippen LogP contribution is 2.25. The molecule has 0 saturated heterocycles. The van der Waals surface area contributed by atoms with Crippen LogP contribution < -0.4 is 11.5 Å². The average molecular weight is 251 g/mol. The van der Waals surface area contributed by atoms with Gasteiger partial charge in [0, 0.05) is 17.4 Å². The minimum atomic E-state index is -0.321. The van der Waals surface area contributed by atoms with Gasteiger partial charge in [-0.3, -0.25) is 4.79 Å². The summed E-state index contributed by atoms with van der Waals surface area (Å²) in [4.78, 5) is 15.1. The summed E-state index contributed by atoms with van der Waals surface area (Å²) in [5, 5.41) is 0.527. The van der Waals surface area contributed by atoms with Crippen LogP contribution in [0.4, 0.5) is 5.69 Å². The van der Waals surface area contributed by atoms with Crippen molar-refractivity contribution in [3.63, 3.8) is 0 Å². The van der Waals surface area contributed by atoms with E-state index in [0.717, 1.165) is 5.52 Å². The van der Waals surface area contributed by atoms with Crippen molar-refractivity contribution in [2.45, 2.75) is 12.1 Å². The summed E-state index contributed by atoms with van der Waals surface area (Å²) in [7, 11) is 0. The number of amides is 1. The summed E-state index contributed by atoms with van der Waals surface area (Å²) < 4.78 is 5.50. The van der Waals surface area contributed by atoms with Gasteiger partial charge in [0.15, 0.2) is 5.58 Å². The summed E-state index contributed by atoms with van der Waals surface area (Å²) in [6, 6.07) is 5.29. The SMILES string of the molecule is CC(CSc1nc2cc(N)ccc2o1)C(N)=O. The number of carbonyl (C=O) groups is 1. The normalized spacial score (nSPS) is 12.8. The minimum Gasteiger partial charge on any atom is -0.431 e. The first-order valence-electron chi connectivity index (χ1n) is 5.14. The lowest BCUT2D eigenvalue weighted by Gasteiger charge is -2.02. The molecule has 0 aliphatic heterocycles. The van der Waals surface area contributed by atoms with E-state index in [-0.39, 0.29) is 11.8 Å². The van der Waals surface area contributed by atoms with Crippen LogP contribution in [0.15, 0.2) is 27.8 Å². The molecule has 1 atom stereocenters. The molecular weight excluding hydrogens is 238 g/mol. The maximum absolute atomic E-state index is 10.9. The van der Waals surface area contributed by atoms with Gasteiger partial charge in [-0.2, -0.15) is 0 Å². The van der Waals surface area contributed by atoms with E-state index in [4.69, 9.17) is 15.9 Å². The second-order valence-corrected chi connectivity index (χ2v) is 4.79. The first-order chi connectivity index (χ1) is 8.06. The van der Waals surface area contributed by atoms with E-state index in [0.29, 0.717) is 22.2 Å². The number of thioether (sulfide) groups is 1. The lowest BCUT2D eigenvalue weighted by molar-refractivity contribution is -0.120. The first kappa shape index (κ1) is 11.8. The number of anilines is 1. The van der Waals surface area contributed by atoms with Gasteiger partial charge >= 0.3 is 0 Å². The largest absolute Gasteiger partial charge is 0.431 e. The van der Waals surface area contributed by atoms with Crippen molar-refractivity contribution in [1.29, 1.82) is 0 Å². The molecule has 2 rings (SSSR count). The number of rotatable bonds is 4. The van der Waals surface area contributed by atoms with Gasteiger partial charge in [-0.1, -0.05) is 18.7 Å². The van der Waals surface area contributed by atoms with Crippen LogP contribution >= 0.6 is 11.8 Å². The fourth-order valence-electron chi connectivity index (χ4n) is 1.26. The molecule has 0 fully saturated rings. The fraction of sp³-hybridized carbons (Fsp3) is 0.273. The summed E-state index contributed by atoms with van der Waals surface area (Å²) >= 11 is 1.37. The number of nitrogens with zero attached hydrogens (tertiary/aromatic N) is 1. The smallest absolute Gasteiger partial charge is 0.256 e. The van der Waals surface area contributed by atoms with Gasteiger partial charge in [0.05, 0.1) is 0 Å². The van der Waals surface area contributed by atoms with Gasteiger partial charge < -0.3 is 15.9 Å². The van der Waals surface area contributed by atoms with E-state index in [9.17, 15) is 4.79 Å². The zero-order valence-corrected chi connectivity index (χ0v) is 10.2. The zero-order chi connectivity index (χ0) is 12.4. The highest BCUT2D eigenvalue weighted by atomic mass is 32.2. The predicted molar refractivity (Wildman–Crippen MR) is 67.5 cm³/mol. The van der Waals surface area contributed by atoms with Gasteiger partial charge in [-0.15, -0.1) is 0 Å². The van der Waals surface area contributed by atoms with Crippen LogP contribution in [-0.2, 0) is 4.79 Å². The molecule has 0 radical (unpaired) electrons. The molecule has 4 N–H and O–H groups in total. The van der Waals surface area contributed by atoms with Crippen LogP contribution in [0, 0.1) is 5.92 Å². The number of oxazole rings is 1. The molecule has 1 unspecified atom stereocenters. The number of carbonyl (C=O) groups excluding carboxylic acids is 1. The molecule has 0 saturated carbocycles. The molecule has 0 aliphatic rings. The van der Waals surface area contributed by atoms with Crippen molar-refractivity contribution in [2.75, 3.05) is 11.5 Å². The Bertz CT molecular complexity index is 553. The number of nitrogen functional groups attached to an aromatic ring is 1. The monoisotopic (exact) mass is 251 g/mol. The quantitative estimate of drug-likeness (QED) is 0.636. The van der Waals surface area contributed by atoms with Crippen molar-refractivity contribution >= 4 is 34.5 Å². The van der Waals surface area contributed by atoms with Gasteiger partial charge in [-0.05, 0) is 18.2 Å². The molecular formula is C11H13N3O2S. The Balaban J connectivity index is 2.12. The molecule has 17 heavy (non-hydrogen) atoms. The Hall–Kier alpha value is -1.69. The Morgan fingerprint density at radius 1 is 1.59 bits per heavy atom. The molecule has 1 amide bonds. The Morgan fingerprint density at radius 3 is 3.06 bits per heavy atom. The molecule has 1 aromatic heterocycles. The van der Waals surface area contributed by atoms with E-state index >= 15 is 0 Å². The maximum Gasteiger partial charge on any atom is 0.256 e. The molecule has 0 spiro atoms. The van der Waals surface area contributed by atoms with Crippen LogP contribution in [0.5, 0.6) is 0 Å². The van der Waals surface area contributed by atoms with Gasteiger partial charge in [0.1, 0.15) is 5.52 Å². The topological polar surface area (TPSA) is 95.1 Å². The third-order valence-electron chi connectivity index (χ3n) is 2.33. The van der Waals surface area contributed by atoms with Gasteiger partial charge in [0.2, 0.25) is 5.91 Å². The Morgan fingerprint density at radius 2 is 2.35 bits per heavy atom. The van der Waals surface area contributed by atoms with E-state index in [1.54, 1.807) is 25.1 Å². The summed E-state index contributed by atoms with van der Waals surface area (Å²) in [5.74, 6) is 0.0235. The lowest BCUT2D eigenvalue weighted by Crippen LogP contribution is -2.22. The molecule has 90 valence electrons. The van der Waals surface area contributed by atoms with Crippen molar-refractivity contribution in [3.8, 4) is 0 Å². The molecule has 6 heteroatoms. The standard InChI is InChI=1S/C11H13N3O2S/c1-6(10(13)15)5-17-11-14-8-4-7(12)2-3-9(8)16-11/h2-4,6H,5,12H2,1H3,(H2,13,15). The fourth-order valence-corrected chi connectivity index (χ4v) is 2.13. The van der Waals surface area contributed by atoms with Gasteiger partial charge in [0.25, 0.3) is 5.22 Å². The Kier molecular flexibility index (Phi) is 3.23. The molecule has 1 aromatic carbocycles. The molecule has 0 aliphatic carbocycles. The van der Waals surface area contributed by atoms with Crippen LogP contribution in [0.3, 0.4) is 0 Å². The molecule has 0 bridgehead atoms. The highest BCUT2D eigenvalue weighted by Gasteiger charge is 2.12. The van der Waals surface area contributed by atoms with Crippen molar-refractivity contribution in [2.24, 2.45) is 11.7 Å². The van der Waals surface area contributed by atoms with Crippen molar-refractivity contribution in [3.05, 3.63) is 18.2 Å². The van der Waals surface area contributed by atoms with Crippen LogP contribution in [-0.4, -0.2) is 16.6 Å². The number of benzene rings is 1. The second-order valence-electron chi connectivity index (χ2n) is 3.82. The van der Waals surface area contributed by atoms with Crippen molar-refractivity contribution in [1.82, 2.24) is 4.98 Å². The Labute approximate surface area is 103 Å². The van der Waals surface area contributed by atoms with Crippen molar-refractivity contribution < 1.29 is 9.21 Å². The minimum absolute atomic E-state index is 0.208. The second kappa shape index (κ2) is 4.67. The number of hydrogen-bond donors (Lipinski definition) is 2. The number of aromatic nitrogens is 1. The van der Waals surface area contributed by atoms with Crippen LogP contribution in [0.25, 0.3) is 11.1 Å². The first-order valence-corrected chi connectivity index (χ1v) is 6.13. The summed E-state index contributed by atoms with van der Waals surface area (Å²) in [5.41, 5.74) is 12.9. The summed E-state index contributed by atoms with van der Waals surface area (Å²) in [6.45, 7) is 1.77. The zero-order valence-electron chi connectivity index (χ0n) is 9.34. The predicted octanol–water partition coefficient (Wildman–Crippen LogP) is 1.62. The summed E-state index contributed by atoms with van der Waals surface area (Å²) in [6.07, 6.45) is 0. The highest BCUT2D eigenvalue weighted by molar-refractivity contribution is 7.99. The van der Waals surface area contributed by atoms with E-state index in [1.807, 2.05) is 0 Å². The van der Waals surface area contributed by atoms with Crippen LogP contribution in [0.1, 0.15) is 6.92 Å². The molecule has 5 nitrogen and oxygen atoms in total. The lowest BCUT2D eigenvalue weighted by atomic mass is 10.2. The van der Waals surface area contributed by atoms with E-state index < -0.39 is 0 Å². The van der Waals surface area contributed by atoms with Gasteiger partial charge in [-0.25, -0.2) is 4.98 Å². The third kappa shape index (κ3) is 2.71. The maximum atomic E-state index is 10.9. The number of hydrogen-bond acceptors (Lipinski definition) is 5. The third-order valence-corrected chi connectivity index (χ3v) is 3.42. The average Bonchev–Trinajstić information content (AvgIpc) is 2.67. The van der Waals surface area contributed by atoms with E-state index in [1.165, 1.54) is 11.8 Å². The molecule has 1 heterocycles. The number of nitrogens with two attached hydrogens (primary N) is 2. The molecule has 2 aromatic rings. The van der Waals surface area contributed by atoms with Crippen LogP contribution in [0.2, 0.25) is 0 Å². The van der Waals surface area contributed by atoms with E-state index in [2.05, 4.69) is 4.98 Å². The number of fused-ring (bicyclic) bond motifs is 1. The number of primary amides is 1.